The summed E-state index contributed by atoms with van der Waals surface area (Å²) in [6.45, 7) is 1.64. The van der Waals surface area contributed by atoms with Gasteiger partial charge in [0.1, 0.15) is 6.61 Å². The van der Waals surface area contributed by atoms with Gasteiger partial charge >= 0.3 is 0 Å². The van der Waals surface area contributed by atoms with Crippen molar-refractivity contribution in [2.45, 2.75) is 0 Å². The number of nitrogens with zero attached hydrogens (tertiary/aromatic N) is 2. The summed E-state index contributed by atoms with van der Waals surface area (Å²) in [6, 6.07) is 1.94. The van der Waals surface area contributed by atoms with E-state index in [1.807, 2.05) is 13.1 Å². The molecule has 4 heteroatoms. The van der Waals surface area contributed by atoms with Gasteiger partial charge in [0.25, 0.3) is 0 Å². The molecule has 0 saturated carbocycles. The van der Waals surface area contributed by atoms with Crippen molar-refractivity contribution in [1.29, 1.82) is 0 Å². The SMILES string of the molecule is CN1CCOc2cc(Br)cnc21. The van der Waals surface area contributed by atoms with Crippen LogP contribution in [0.5, 0.6) is 5.75 Å². The lowest BCUT2D eigenvalue weighted by Gasteiger charge is -2.26. The Labute approximate surface area is 79.5 Å². The van der Waals surface area contributed by atoms with E-state index in [0.717, 1.165) is 29.2 Å². The maximum absolute atomic E-state index is 5.44. The Hall–Kier alpha value is -0.770. The zero-order valence-electron chi connectivity index (χ0n) is 6.75. The molecule has 0 spiro atoms. The summed E-state index contributed by atoms with van der Waals surface area (Å²) in [7, 11) is 2.02. The van der Waals surface area contributed by atoms with Crippen molar-refractivity contribution in [3.8, 4) is 5.75 Å². The molecule has 1 aromatic heterocycles. The van der Waals surface area contributed by atoms with Crippen molar-refractivity contribution in [3.63, 3.8) is 0 Å². The Bertz CT molecular complexity index is 303. The third-order valence-corrected chi connectivity index (χ3v) is 2.28. The monoisotopic (exact) mass is 228 g/mol. The van der Waals surface area contributed by atoms with Gasteiger partial charge in [0.05, 0.1) is 6.54 Å². The predicted octanol–water partition coefficient (Wildman–Crippen LogP) is 1.67. The van der Waals surface area contributed by atoms with E-state index in [2.05, 4.69) is 25.8 Å². The Morgan fingerprint density at radius 2 is 2.50 bits per heavy atom. The van der Waals surface area contributed by atoms with Gasteiger partial charge in [-0.05, 0) is 22.0 Å². The number of hydrogen-bond donors (Lipinski definition) is 0. The molecule has 3 nitrogen and oxygen atoms in total. The summed E-state index contributed by atoms with van der Waals surface area (Å²) in [4.78, 5) is 6.34. The number of anilines is 1. The van der Waals surface area contributed by atoms with Crippen molar-refractivity contribution < 1.29 is 4.74 Å². The second kappa shape index (κ2) is 2.94. The lowest BCUT2D eigenvalue weighted by molar-refractivity contribution is 0.308. The van der Waals surface area contributed by atoms with Gasteiger partial charge in [0.2, 0.25) is 0 Å². The quantitative estimate of drug-likeness (QED) is 0.676. The van der Waals surface area contributed by atoms with Crippen molar-refractivity contribution in [3.05, 3.63) is 16.7 Å². The minimum atomic E-state index is 0.738. The molecule has 0 atom stereocenters. The van der Waals surface area contributed by atoms with E-state index < -0.39 is 0 Å². The van der Waals surface area contributed by atoms with E-state index in [4.69, 9.17) is 4.74 Å². The summed E-state index contributed by atoms with van der Waals surface area (Å²) in [5.41, 5.74) is 0. The van der Waals surface area contributed by atoms with Gasteiger partial charge in [0, 0.05) is 17.7 Å². The van der Waals surface area contributed by atoms with Gasteiger partial charge in [-0.1, -0.05) is 0 Å². The molecule has 0 aliphatic carbocycles. The number of likely N-dealkylation sites (N-methyl/N-ethyl adjacent to an activating group) is 1. The van der Waals surface area contributed by atoms with Crippen LogP contribution in [-0.2, 0) is 0 Å². The van der Waals surface area contributed by atoms with Gasteiger partial charge in [0.15, 0.2) is 11.6 Å². The zero-order valence-corrected chi connectivity index (χ0v) is 8.34. The lowest BCUT2D eigenvalue weighted by atomic mass is 10.3. The summed E-state index contributed by atoms with van der Waals surface area (Å²) in [5.74, 6) is 1.78. The molecule has 2 heterocycles. The largest absolute Gasteiger partial charge is 0.488 e. The van der Waals surface area contributed by atoms with E-state index >= 15 is 0 Å². The number of hydrogen-bond acceptors (Lipinski definition) is 3. The van der Waals surface area contributed by atoms with Crippen LogP contribution in [0.15, 0.2) is 16.7 Å². The second-order valence-electron chi connectivity index (χ2n) is 2.75. The smallest absolute Gasteiger partial charge is 0.171 e. The molecule has 0 fully saturated rings. The first kappa shape index (κ1) is 7.86. The first-order valence-corrected chi connectivity index (χ1v) is 4.56. The summed E-state index contributed by atoms with van der Waals surface area (Å²) >= 11 is 3.35. The Balaban J connectivity index is 2.46. The highest BCUT2D eigenvalue weighted by molar-refractivity contribution is 9.10. The Morgan fingerprint density at radius 3 is 3.33 bits per heavy atom. The molecule has 1 aliphatic rings. The van der Waals surface area contributed by atoms with Crippen LogP contribution in [0.2, 0.25) is 0 Å². The molecule has 0 unspecified atom stereocenters. The van der Waals surface area contributed by atoms with E-state index in [1.54, 1.807) is 6.20 Å². The van der Waals surface area contributed by atoms with E-state index in [1.165, 1.54) is 0 Å². The molecule has 0 bridgehead atoms. The molecule has 0 saturated heterocycles. The second-order valence-corrected chi connectivity index (χ2v) is 3.66. The van der Waals surface area contributed by atoms with Crippen LogP contribution in [0.4, 0.5) is 5.82 Å². The fourth-order valence-electron chi connectivity index (χ4n) is 1.20. The summed E-state index contributed by atoms with van der Waals surface area (Å²) in [5, 5.41) is 0. The molecule has 64 valence electrons. The molecule has 0 aromatic carbocycles. The molecular formula is C8H9BrN2O. The number of aromatic nitrogens is 1. The van der Waals surface area contributed by atoms with Crippen LogP contribution in [-0.4, -0.2) is 25.2 Å². The maximum atomic E-state index is 5.44. The zero-order chi connectivity index (χ0) is 8.55. The minimum Gasteiger partial charge on any atom is -0.488 e. The first-order valence-electron chi connectivity index (χ1n) is 3.77. The molecule has 0 amide bonds. The molecule has 0 radical (unpaired) electrons. The molecule has 2 rings (SSSR count). The van der Waals surface area contributed by atoms with Gasteiger partial charge in [-0.2, -0.15) is 0 Å². The number of ether oxygens (including phenoxy) is 1. The van der Waals surface area contributed by atoms with Crippen LogP contribution in [0, 0.1) is 0 Å². The third kappa shape index (κ3) is 1.27. The number of pyridine rings is 1. The predicted molar refractivity (Wildman–Crippen MR) is 50.7 cm³/mol. The highest BCUT2D eigenvalue weighted by Gasteiger charge is 2.15. The van der Waals surface area contributed by atoms with Crippen molar-refractivity contribution in [1.82, 2.24) is 4.98 Å². The average molecular weight is 229 g/mol. The molecule has 1 aromatic rings. The summed E-state index contributed by atoms with van der Waals surface area (Å²) in [6.07, 6.45) is 1.78. The third-order valence-electron chi connectivity index (χ3n) is 1.85. The standard InChI is InChI=1S/C8H9BrN2O/c1-11-2-3-12-7-4-6(9)5-10-8(7)11/h4-5H,2-3H2,1H3. The summed E-state index contributed by atoms with van der Waals surface area (Å²) < 4.78 is 6.40. The fraction of sp³-hybridized carbons (Fsp3) is 0.375. The van der Waals surface area contributed by atoms with Gasteiger partial charge in [-0.15, -0.1) is 0 Å². The molecule has 12 heavy (non-hydrogen) atoms. The number of fused-ring (bicyclic) bond motifs is 1. The number of halogens is 1. The normalized spacial score (nSPS) is 15.3. The fourth-order valence-corrected chi connectivity index (χ4v) is 1.52. The van der Waals surface area contributed by atoms with Crippen LogP contribution in [0.3, 0.4) is 0 Å². The average Bonchev–Trinajstić information content (AvgIpc) is 2.04. The Kier molecular flexibility index (Phi) is 1.92. The van der Waals surface area contributed by atoms with Crippen molar-refractivity contribution in [2.24, 2.45) is 0 Å². The highest BCUT2D eigenvalue weighted by atomic mass is 79.9. The van der Waals surface area contributed by atoms with E-state index in [0.29, 0.717) is 0 Å². The molecular weight excluding hydrogens is 220 g/mol. The van der Waals surface area contributed by atoms with Crippen LogP contribution in [0.25, 0.3) is 0 Å². The molecule has 0 N–H and O–H groups in total. The van der Waals surface area contributed by atoms with Crippen LogP contribution in [0.1, 0.15) is 0 Å². The van der Waals surface area contributed by atoms with E-state index in [-0.39, 0.29) is 0 Å². The van der Waals surface area contributed by atoms with Crippen LogP contribution >= 0.6 is 15.9 Å². The van der Waals surface area contributed by atoms with Gasteiger partial charge in [-0.25, -0.2) is 4.98 Å². The van der Waals surface area contributed by atoms with Crippen molar-refractivity contribution >= 4 is 21.7 Å². The number of rotatable bonds is 0. The Morgan fingerprint density at radius 1 is 1.67 bits per heavy atom. The van der Waals surface area contributed by atoms with Gasteiger partial charge < -0.3 is 9.64 Å². The van der Waals surface area contributed by atoms with E-state index in [9.17, 15) is 0 Å². The maximum Gasteiger partial charge on any atom is 0.171 e. The van der Waals surface area contributed by atoms with Gasteiger partial charge in [-0.3, -0.25) is 0 Å². The van der Waals surface area contributed by atoms with Crippen LogP contribution < -0.4 is 9.64 Å². The van der Waals surface area contributed by atoms with Crippen molar-refractivity contribution in [2.75, 3.05) is 25.1 Å². The topological polar surface area (TPSA) is 25.4 Å². The minimum absolute atomic E-state index is 0.738. The molecule has 1 aliphatic heterocycles. The highest BCUT2D eigenvalue weighted by Crippen LogP contribution is 2.30. The lowest BCUT2D eigenvalue weighted by Crippen LogP contribution is -2.29. The first-order chi connectivity index (χ1) is 5.77.